The highest BCUT2D eigenvalue weighted by molar-refractivity contribution is 6.30. The Morgan fingerprint density at radius 3 is 2.76 bits per heavy atom. The lowest BCUT2D eigenvalue weighted by Crippen LogP contribution is -2.40. The molecular weight excluding hydrogens is 338 g/mol. The Kier molecular flexibility index (Phi) is 5.91. The van der Waals surface area contributed by atoms with Crippen LogP contribution in [0.2, 0.25) is 5.02 Å². The molecule has 1 aliphatic rings. The number of halogens is 1. The molecule has 0 bridgehead atoms. The summed E-state index contributed by atoms with van der Waals surface area (Å²) in [6.07, 6.45) is 8.05. The Morgan fingerprint density at radius 2 is 2.12 bits per heavy atom. The topological polar surface area (TPSA) is 63.1 Å². The average Bonchev–Trinajstić information content (AvgIpc) is 3.02. The third kappa shape index (κ3) is 4.95. The van der Waals surface area contributed by atoms with Gasteiger partial charge in [0, 0.05) is 51.2 Å². The molecule has 0 atom stereocenters. The number of imidazole rings is 1. The zero-order valence-corrected chi connectivity index (χ0v) is 15.2. The summed E-state index contributed by atoms with van der Waals surface area (Å²) in [6, 6.07) is 3.60. The number of aromatic nitrogens is 3. The number of amides is 1. The van der Waals surface area contributed by atoms with Crippen molar-refractivity contribution in [3.63, 3.8) is 0 Å². The lowest BCUT2D eigenvalue weighted by molar-refractivity contribution is -0.132. The fourth-order valence-electron chi connectivity index (χ4n) is 3.18. The van der Waals surface area contributed by atoms with Crippen molar-refractivity contribution in [2.24, 2.45) is 5.92 Å². The summed E-state index contributed by atoms with van der Waals surface area (Å²) in [5, 5.41) is 3.77. The largest absolute Gasteiger partial charge is 0.370 e. The molecule has 3 heterocycles. The summed E-state index contributed by atoms with van der Waals surface area (Å²) >= 11 is 5.81. The first-order valence-corrected chi connectivity index (χ1v) is 9.10. The van der Waals surface area contributed by atoms with Gasteiger partial charge in [-0.2, -0.15) is 0 Å². The number of aryl methyl sites for hydroxylation is 1. The third-order valence-electron chi connectivity index (χ3n) is 4.72. The maximum atomic E-state index is 12.3. The number of carbonyl (C=O) groups is 1. The first kappa shape index (κ1) is 17.7. The summed E-state index contributed by atoms with van der Waals surface area (Å²) in [5.41, 5.74) is 0. The van der Waals surface area contributed by atoms with E-state index in [0.717, 1.165) is 44.1 Å². The molecule has 2 aromatic rings. The Balaban J connectivity index is 1.38. The van der Waals surface area contributed by atoms with Crippen molar-refractivity contribution in [3.05, 3.63) is 41.6 Å². The van der Waals surface area contributed by atoms with Gasteiger partial charge in [0.05, 0.1) is 5.02 Å². The molecule has 0 radical (unpaired) electrons. The molecule has 1 N–H and O–H groups in total. The van der Waals surface area contributed by atoms with Crippen molar-refractivity contribution in [2.75, 3.05) is 25.0 Å². The van der Waals surface area contributed by atoms with E-state index in [1.54, 1.807) is 12.3 Å². The number of likely N-dealkylation sites (tertiary alicyclic amines) is 1. The molecule has 0 unspecified atom stereocenters. The molecule has 0 aliphatic carbocycles. The van der Waals surface area contributed by atoms with Crippen LogP contribution in [0.1, 0.15) is 25.1 Å². The SMILES string of the molecule is Cc1nccn1CC1CCN(C(=O)CCNc2ccc(Cl)cn2)CC1. The molecule has 7 heteroatoms. The Bertz CT molecular complexity index is 692. The highest BCUT2D eigenvalue weighted by atomic mass is 35.5. The van der Waals surface area contributed by atoms with Crippen LogP contribution in [0.3, 0.4) is 0 Å². The molecule has 1 amide bonds. The quantitative estimate of drug-likeness (QED) is 0.859. The summed E-state index contributed by atoms with van der Waals surface area (Å²) in [7, 11) is 0. The Labute approximate surface area is 153 Å². The predicted octanol–water partition coefficient (Wildman–Crippen LogP) is 2.98. The molecule has 0 saturated carbocycles. The fourth-order valence-corrected chi connectivity index (χ4v) is 3.29. The minimum atomic E-state index is 0.207. The second-order valence-electron chi connectivity index (χ2n) is 6.49. The molecule has 134 valence electrons. The summed E-state index contributed by atoms with van der Waals surface area (Å²) in [4.78, 5) is 22.8. The smallest absolute Gasteiger partial charge is 0.224 e. The van der Waals surface area contributed by atoms with E-state index in [2.05, 4.69) is 19.9 Å². The second-order valence-corrected chi connectivity index (χ2v) is 6.93. The first-order valence-electron chi connectivity index (χ1n) is 8.73. The van der Waals surface area contributed by atoms with Crippen molar-refractivity contribution in [1.82, 2.24) is 19.4 Å². The fraction of sp³-hybridized carbons (Fsp3) is 0.500. The van der Waals surface area contributed by atoms with Crippen molar-refractivity contribution >= 4 is 23.3 Å². The third-order valence-corrected chi connectivity index (χ3v) is 4.94. The number of hydrogen-bond acceptors (Lipinski definition) is 4. The van der Waals surface area contributed by atoms with E-state index in [1.807, 2.05) is 30.3 Å². The van der Waals surface area contributed by atoms with Crippen LogP contribution in [-0.2, 0) is 11.3 Å². The van der Waals surface area contributed by atoms with E-state index in [9.17, 15) is 4.79 Å². The maximum absolute atomic E-state index is 12.3. The molecule has 1 aliphatic heterocycles. The van der Waals surface area contributed by atoms with E-state index >= 15 is 0 Å². The van der Waals surface area contributed by atoms with Crippen LogP contribution in [0, 0.1) is 12.8 Å². The number of pyridine rings is 1. The van der Waals surface area contributed by atoms with Crippen LogP contribution in [0.4, 0.5) is 5.82 Å². The molecule has 1 fully saturated rings. The normalized spacial score (nSPS) is 15.4. The highest BCUT2D eigenvalue weighted by Crippen LogP contribution is 2.20. The first-order chi connectivity index (χ1) is 12.1. The number of nitrogens with one attached hydrogen (secondary N) is 1. The van der Waals surface area contributed by atoms with E-state index in [0.29, 0.717) is 23.9 Å². The molecule has 2 aromatic heterocycles. The van der Waals surface area contributed by atoms with E-state index < -0.39 is 0 Å². The van der Waals surface area contributed by atoms with Crippen molar-refractivity contribution in [2.45, 2.75) is 32.7 Å². The predicted molar refractivity (Wildman–Crippen MR) is 98.6 cm³/mol. The molecule has 0 aromatic carbocycles. The van der Waals surface area contributed by atoms with E-state index in [4.69, 9.17) is 11.6 Å². The lowest BCUT2D eigenvalue weighted by Gasteiger charge is -2.32. The molecule has 3 rings (SSSR count). The molecule has 6 nitrogen and oxygen atoms in total. The van der Waals surface area contributed by atoms with Crippen LogP contribution < -0.4 is 5.32 Å². The van der Waals surface area contributed by atoms with Crippen LogP contribution in [-0.4, -0.2) is 45.0 Å². The van der Waals surface area contributed by atoms with Gasteiger partial charge in [-0.25, -0.2) is 9.97 Å². The summed E-state index contributed by atoms with van der Waals surface area (Å²) in [6.45, 7) is 5.30. The number of rotatable bonds is 6. The molecule has 1 saturated heterocycles. The second kappa shape index (κ2) is 8.34. The number of carbonyl (C=O) groups excluding carboxylic acids is 1. The van der Waals surface area contributed by atoms with Gasteiger partial charge in [-0.3, -0.25) is 4.79 Å². The van der Waals surface area contributed by atoms with Crippen molar-refractivity contribution < 1.29 is 4.79 Å². The van der Waals surface area contributed by atoms with Crippen LogP contribution in [0.25, 0.3) is 0 Å². The standard InChI is InChI=1S/C18H24ClN5O/c1-14-20-8-11-24(14)13-15-5-9-23(10-6-15)18(25)4-7-21-17-3-2-16(19)12-22-17/h2-3,8,11-12,15H,4-7,9-10,13H2,1H3,(H,21,22). The van der Waals surface area contributed by atoms with E-state index in [-0.39, 0.29) is 5.91 Å². The van der Waals surface area contributed by atoms with Gasteiger partial charge >= 0.3 is 0 Å². The number of anilines is 1. The van der Waals surface area contributed by atoms with Gasteiger partial charge in [-0.15, -0.1) is 0 Å². The highest BCUT2D eigenvalue weighted by Gasteiger charge is 2.22. The summed E-state index contributed by atoms with van der Waals surface area (Å²) in [5.74, 6) is 2.62. The van der Waals surface area contributed by atoms with Crippen LogP contribution in [0.5, 0.6) is 0 Å². The Hall–Kier alpha value is -2.08. The number of hydrogen-bond donors (Lipinski definition) is 1. The molecular formula is C18H24ClN5O. The Morgan fingerprint density at radius 1 is 1.32 bits per heavy atom. The van der Waals surface area contributed by atoms with Crippen LogP contribution in [0.15, 0.2) is 30.7 Å². The summed E-state index contributed by atoms with van der Waals surface area (Å²) < 4.78 is 2.20. The van der Waals surface area contributed by atoms with Crippen molar-refractivity contribution in [1.29, 1.82) is 0 Å². The molecule has 25 heavy (non-hydrogen) atoms. The number of nitrogens with zero attached hydrogens (tertiary/aromatic N) is 4. The molecule has 0 spiro atoms. The van der Waals surface area contributed by atoms with E-state index in [1.165, 1.54) is 0 Å². The lowest BCUT2D eigenvalue weighted by atomic mass is 9.96. The van der Waals surface area contributed by atoms with Gasteiger partial charge in [0.25, 0.3) is 0 Å². The minimum absolute atomic E-state index is 0.207. The van der Waals surface area contributed by atoms with Gasteiger partial charge < -0.3 is 14.8 Å². The minimum Gasteiger partial charge on any atom is -0.370 e. The average molecular weight is 362 g/mol. The maximum Gasteiger partial charge on any atom is 0.224 e. The monoisotopic (exact) mass is 361 g/mol. The van der Waals surface area contributed by atoms with Gasteiger partial charge in [-0.05, 0) is 37.8 Å². The number of piperidine rings is 1. The zero-order chi connectivity index (χ0) is 17.6. The van der Waals surface area contributed by atoms with Gasteiger partial charge in [0.2, 0.25) is 5.91 Å². The van der Waals surface area contributed by atoms with Gasteiger partial charge in [0.1, 0.15) is 11.6 Å². The van der Waals surface area contributed by atoms with Crippen molar-refractivity contribution in [3.8, 4) is 0 Å². The zero-order valence-electron chi connectivity index (χ0n) is 14.5. The van der Waals surface area contributed by atoms with Crippen LogP contribution >= 0.6 is 11.6 Å². The van der Waals surface area contributed by atoms with Gasteiger partial charge in [0.15, 0.2) is 0 Å². The van der Waals surface area contributed by atoms with Gasteiger partial charge in [-0.1, -0.05) is 11.6 Å².